The smallest absolute Gasteiger partial charge is 0.345 e. The molecule has 2 N–H and O–H groups in total. The second-order valence-electron chi connectivity index (χ2n) is 6.60. The predicted octanol–water partition coefficient (Wildman–Crippen LogP) is 5.22. The fourth-order valence-electron chi connectivity index (χ4n) is 3.25. The SMILES string of the molecule is O=c1oc2ccc3ccccc3c2cc1-c1cnc(N/N=C/c2ccccc2O)s1. The van der Waals surface area contributed by atoms with Gasteiger partial charge in [0.1, 0.15) is 11.3 Å². The maximum absolute atomic E-state index is 12.5. The summed E-state index contributed by atoms with van der Waals surface area (Å²) < 4.78 is 5.56. The van der Waals surface area contributed by atoms with Gasteiger partial charge < -0.3 is 9.52 Å². The molecule has 0 aliphatic carbocycles. The Bertz CT molecular complexity index is 1470. The number of nitrogens with zero attached hydrogens (tertiary/aromatic N) is 2. The van der Waals surface area contributed by atoms with E-state index in [0.29, 0.717) is 26.7 Å². The number of aromatic hydroxyl groups is 1. The highest BCUT2D eigenvalue weighted by Gasteiger charge is 2.13. The van der Waals surface area contributed by atoms with E-state index in [1.54, 1.807) is 24.4 Å². The lowest BCUT2D eigenvalue weighted by Crippen LogP contribution is -2.01. The summed E-state index contributed by atoms with van der Waals surface area (Å²) in [6, 6.07) is 20.5. The molecular weight excluding hydrogens is 398 g/mol. The highest BCUT2D eigenvalue weighted by Crippen LogP contribution is 2.31. The first-order valence-corrected chi connectivity index (χ1v) is 9.99. The number of phenolic OH excluding ortho intramolecular Hbond substituents is 1. The minimum absolute atomic E-state index is 0.142. The van der Waals surface area contributed by atoms with Crippen molar-refractivity contribution in [2.75, 3.05) is 5.43 Å². The van der Waals surface area contributed by atoms with Crippen LogP contribution in [0.4, 0.5) is 5.13 Å². The number of phenols is 1. The van der Waals surface area contributed by atoms with Gasteiger partial charge in [-0.25, -0.2) is 9.78 Å². The zero-order chi connectivity index (χ0) is 20.5. The van der Waals surface area contributed by atoms with Crippen LogP contribution in [-0.4, -0.2) is 16.3 Å². The molecule has 0 spiro atoms. The molecule has 30 heavy (non-hydrogen) atoms. The standard InChI is InChI=1S/C23H15N3O3S/c27-19-8-4-2-6-15(19)12-25-26-23-24-13-21(30-23)18-11-17-16-7-3-1-5-14(16)9-10-20(17)29-22(18)28/h1-13,27H,(H,24,26)/b25-12+. The monoisotopic (exact) mass is 413 g/mol. The Kier molecular flexibility index (Phi) is 4.49. The van der Waals surface area contributed by atoms with Crippen molar-refractivity contribution in [1.82, 2.24) is 4.98 Å². The first-order chi connectivity index (χ1) is 14.7. The van der Waals surface area contributed by atoms with Crippen molar-refractivity contribution in [3.05, 3.63) is 88.9 Å². The number of hydrazone groups is 1. The third-order valence-electron chi connectivity index (χ3n) is 4.71. The highest BCUT2D eigenvalue weighted by atomic mass is 32.1. The van der Waals surface area contributed by atoms with Crippen LogP contribution in [-0.2, 0) is 0 Å². The summed E-state index contributed by atoms with van der Waals surface area (Å²) in [5, 5.41) is 17.4. The van der Waals surface area contributed by atoms with E-state index in [1.165, 1.54) is 17.6 Å². The Balaban J connectivity index is 1.48. The molecule has 5 rings (SSSR count). The number of nitrogens with one attached hydrogen (secondary N) is 1. The van der Waals surface area contributed by atoms with Crippen molar-refractivity contribution < 1.29 is 9.52 Å². The van der Waals surface area contributed by atoms with E-state index in [1.807, 2.05) is 48.5 Å². The lowest BCUT2D eigenvalue weighted by atomic mass is 10.0. The third kappa shape index (κ3) is 3.31. The summed E-state index contributed by atoms with van der Waals surface area (Å²) in [6.45, 7) is 0. The maximum Gasteiger partial charge on any atom is 0.345 e. The number of fused-ring (bicyclic) bond motifs is 3. The largest absolute Gasteiger partial charge is 0.507 e. The Morgan fingerprint density at radius 3 is 2.77 bits per heavy atom. The van der Waals surface area contributed by atoms with Crippen LogP contribution in [0.5, 0.6) is 5.75 Å². The molecule has 3 aromatic carbocycles. The van der Waals surface area contributed by atoms with E-state index in [0.717, 1.165) is 16.2 Å². The van der Waals surface area contributed by atoms with Gasteiger partial charge in [0.15, 0.2) is 0 Å². The second kappa shape index (κ2) is 7.46. The molecule has 0 atom stereocenters. The number of para-hydroxylation sites is 1. The van der Waals surface area contributed by atoms with Crippen molar-refractivity contribution in [3.63, 3.8) is 0 Å². The van der Waals surface area contributed by atoms with Crippen molar-refractivity contribution >= 4 is 44.4 Å². The molecule has 0 amide bonds. The number of benzene rings is 3. The van der Waals surface area contributed by atoms with Crippen LogP contribution in [0.2, 0.25) is 0 Å². The van der Waals surface area contributed by atoms with E-state index >= 15 is 0 Å². The van der Waals surface area contributed by atoms with Gasteiger partial charge in [-0.2, -0.15) is 5.10 Å². The maximum atomic E-state index is 12.5. The van der Waals surface area contributed by atoms with Crippen molar-refractivity contribution in [3.8, 4) is 16.2 Å². The van der Waals surface area contributed by atoms with Gasteiger partial charge in [-0.05, 0) is 35.0 Å². The molecule has 2 aromatic heterocycles. The third-order valence-corrected chi connectivity index (χ3v) is 5.65. The van der Waals surface area contributed by atoms with Gasteiger partial charge in [-0.15, -0.1) is 0 Å². The molecule has 2 heterocycles. The normalized spacial score (nSPS) is 11.5. The number of thiazole rings is 1. The molecule has 0 radical (unpaired) electrons. The first-order valence-electron chi connectivity index (χ1n) is 9.18. The molecule has 0 unspecified atom stereocenters. The summed E-state index contributed by atoms with van der Waals surface area (Å²) in [4.78, 5) is 17.5. The van der Waals surface area contributed by atoms with Crippen LogP contribution in [0, 0.1) is 0 Å². The van der Waals surface area contributed by atoms with Crippen molar-refractivity contribution in [1.29, 1.82) is 0 Å². The van der Waals surface area contributed by atoms with Gasteiger partial charge >= 0.3 is 5.63 Å². The van der Waals surface area contributed by atoms with E-state index in [4.69, 9.17) is 4.42 Å². The molecule has 0 saturated heterocycles. The molecule has 0 fully saturated rings. The molecule has 6 nitrogen and oxygen atoms in total. The van der Waals surface area contributed by atoms with Crippen LogP contribution in [0.15, 0.2) is 87.2 Å². The lowest BCUT2D eigenvalue weighted by Gasteiger charge is -2.04. The zero-order valence-electron chi connectivity index (χ0n) is 15.6. The average molecular weight is 413 g/mol. The Hall–Kier alpha value is -3.97. The molecule has 7 heteroatoms. The number of hydrogen-bond donors (Lipinski definition) is 2. The Morgan fingerprint density at radius 1 is 1.03 bits per heavy atom. The van der Waals surface area contributed by atoms with Gasteiger partial charge in [-0.1, -0.05) is 53.8 Å². The molecule has 5 aromatic rings. The fraction of sp³-hybridized carbons (Fsp3) is 0. The Morgan fingerprint density at radius 2 is 1.87 bits per heavy atom. The number of rotatable bonds is 4. The van der Waals surface area contributed by atoms with Gasteiger partial charge in [0, 0.05) is 17.1 Å². The number of aromatic nitrogens is 1. The van der Waals surface area contributed by atoms with E-state index in [-0.39, 0.29) is 5.75 Å². The van der Waals surface area contributed by atoms with Gasteiger partial charge in [-0.3, -0.25) is 5.43 Å². The second-order valence-corrected chi connectivity index (χ2v) is 7.64. The van der Waals surface area contributed by atoms with Crippen LogP contribution < -0.4 is 11.1 Å². The molecule has 0 bridgehead atoms. The van der Waals surface area contributed by atoms with Crippen LogP contribution >= 0.6 is 11.3 Å². The highest BCUT2D eigenvalue weighted by molar-refractivity contribution is 7.18. The summed E-state index contributed by atoms with van der Waals surface area (Å²) >= 11 is 1.29. The summed E-state index contributed by atoms with van der Waals surface area (Å²) in [5.41, 5.74) is 4.01. The average Bonchev–Trinajstić information content (AvgIpc) is 3.23. The fourth-order valence-corrected chi connectivity index (χ4v) is 4.02. The quantitative estimate of drug-likeness (QED) is 0.182. The molecule has 146 valence electrons. The first kappa shape index (κ1) is 18.1. The topological polar surface area (TPSA) is 87.7 Å². The van der Waals surface area contributed by atoms with Gasteiger partial charge in [0.05, 0.1) is 16.7 Å². The number of anilines is 1. The van der Waals surface area contributed by atoms with Gasteiger partial charge in [0.25, 0.3) is 0 Å². The number of hydrogen-bond acceptors (Lipinski definition) is 7. The molecule has 0 saturated carbocycles. The van der Waals surface area contributed by atoms with E-state index < -0.39 is 5.63 Å². The predicted molar refractivity (Wildman–Crippen MR) is 120 cm³/mol. The minimum atomic E-state index is -0.411. The van der Waals surface area contributed by atoms with Crippen LogP contribution in [0.3, 0.4) is 0 Å². The van der Waals surface area contributed by atoms with E-state index in [2.05, 4.69) is 15.5 Å². The summed E-state index contributed by atoms with van der Waals surface area (Å²) in [6.07, 6.45) is 3.12. The molecule has 0 aliphatic heterocycles. The van der Waals surface area contributed by atoms with Crippen molar-refractivity contribution in [2.24, 2.45) is 5.10 Å². The molecule has 0 aliphatic rings. The van der Waals surface area contributed by atoms with Crippen LogP contribution in [0.25, 0.3) is 32.2 Å². The summed E-state index contributed by atoms with van der Waals surface area (Å²) in [7, 11) is 0. The van der Waals surface area contributed by atoms with Crippen LogP contribution in [0.1, 0.15) is 5.56 Å². The van der Waals surface area contributed by atoms with Gasteiger partial charge in [0.2, 0.25) is 5.13 Å². The lowest BCUT2D eigenvalue weighted by molar-refractivity contribution is 0.474. The zero-order valence-corrected chi connectivity index (χ0v) is 16.4. The van der Waals surface area contributed by atoms with Crippen molar-refractivity contribution in [2.45, 2.75) is 0 Å². The van der Waals surface area contributed by atoms with E-state index in [9.17, 15) is 9.90 Å². The molecular formula is C23H15N3O3S. The Labute approximate surface area is 174 Å². The summed E-state index contributed by atoms with van der Waals surface area (Å²) in [5.74, 6) is 0.142. The minimum Gasteiger partial charge on any atom is -0.507 e.